The van der Waals surface area contributed by atoms with Gasteiger partial charge >= 0.3 is 0 Å². The summed E-state index contributed by atoms with van der Waals surface area (Å²) >= 11 is 1.99. The summed E-state index contributed by atoms with van der Waals surface area (Å²) in [4.78, 5) is 2.70. The third kappa shape index (κ3) is 2.90. The van der Waals surface area contributed by atoms with Gasteiger partial charge in [-0.2, -0.15) is 11.8 Å². The lowest BCUT2D eigenvalue weighted by Gasteiger charge is -2.27. The molecule has 2 heteroatoms. The van der Waals surface area contributed by atoms with Gasteiger partial charge in [-0.15, -0.1) is 0 Å². The van der Waals surface area contributed by atoms with Crippen molar-refractivity contribution in [3.8, 4) is 0 Å². The minimum atomic E-state index is 0.718. The maximum Gasteiger partial charge on any atom is 0.0192 e. The molecule has 2 unspecified atom stereocenters. The molecule has 0 saturated carbocycles. The monoisotopic (exact) mass is 215 g/mol. The standard InChI is InChI=1S/C12H25NS/c1-9(2)11-6-12(8-14-5)13(7-11)10(3)4/h9-12H,6-8H2,1-5H3. The highest BCUT2D eigenvalue weighted by Gasteiger charge is 2.34. The van der Waals surface area contributed by atoms with Gasteiger partial charge in [0.2, 0.25) is 0 Å². The predicted octanol–water partition coefficient (Wildman–Crippen LogP) is 3.10. The van der Waals surface area contributed by atoms with Crippen LogP contribution in [-0.4, -0.2) is 35.5 Å². The van der Waals surface area contributed by atoms with Crippen LogP contribution in [-0.2, 0) is 0 Å². The Kier molecular flexibility index (Phi) is 4.78. The lowest BCUT2D eigenvalue weighted by Crippen LogP contribution is -2.37. The smallest absolute Gasteiger partial charge is 0.0192 e. The van der Waals surface area contributed by atoms with Gasteiger partial charge in [-0.25, -0.2) is 0 Å². The van der Waals surface area contributed by atoms with Gasteiger partial charge in [-0.1, -0.05) is 13.8 Å². The first-order chi connectivity index (χ1) is 6.56. The lowest BCUT2D eigenvalue weighted by molar-refractivity contribution is 0.210. The van der Waals surface area contributed by atoms with E-state index in [2.05, 4.69) is 38.9 Å². The highest BCUT2D eigenvalue weighted by molar-refractivity contribution is 7.98. The minimum Gasteiger partial charge on any atom is -0.297 e. The van der Waals surface area contributed by atoms with Gasteiger partial charge in [0.25, 0.3) is 0 Å². The molecule has 1 nitrogen and oxygen atoms in total. The average molecular weight is 215 g/mol. The first-order valence-electron chi connectivity index (χ1n) is 5.81. The van der Waals surface area contributed by atoms with Crippen molar-refractivity contribution in [1.82, 2.24) is 4.90 Å². The van der Waals surface area contributed by atoms with Crippen LogP contribution in [0.25, 0.3) is 0 Å². The molecule has 0 aromatic carbocycles. The topological polar surface area (TPSA) is 3.24 Å². The van der Waals surface area contributed by atoms with E-state index < -0.39 is 0 Å². The van der Waals surface area contributed by atoms with E-state index in [0.717, 1.165) is 23.9 Å². The molecule has 0 bridgehead atoms. The van der Waals surface area contributed by atoms with E-state index in [9.17, 15) is 0 Å². The Morgan fingerprint density at radius 3 is 2.36 bits per heavy atom. The maximum absolute atomic E-state index is 2.70. The molecule has 1 rings (SSSR count). The zero-order chi connectivity index (χ0) is 10.7. The minimum absolute atomic E-state index is 0.718. The lowest BCUT2D eigenvalue weighted by atomic mass is 9.94. The molecule has 0 N–H and O–H groups in total. The van der Waals surface area contributed by atoms with Crippen LogP contribution in [0.5, 0.6) is 0 Å². The molecule has 1 saturated heterocycles. The first kappa shape index (κ1) is 12.4. The Morgan fingerprint density at radius 1 is 1.29 bits per heavy atom. The average Bonchev–Trinajstić information content (AvgIpc) is 2.49. The zero-order valence-corrected chi connectivity index (χ0v) is 11.1. The predicted molar refractivity (Wildman–Crippen MR) is 67.0 cm³/mol. The SMILES string of the molecule is CSCC1CC(C(C)C)CN1C(C)C. The number of nitrogens with zero attached hydrogens (tertiary/aromatic N) is 1. The van der Waals surface area contributed by atoms with Crippen molar-refractivity contribution >= 4 is 11.8 Å². The molecule has 1 fully saturated rings. The molecular weight excluding hydrogens is 190 g/mol. The zero-order valence-electron chi connectivity index (χ0n) is 10.3. The molecule has 0 radical (unpaired) electrons. The van der Waals surface area contributed by atoms with Crippen molar-refractivity contribution < 1.29 is 0 Å². The van der Waals surface area contributed by atoms with Crippen LogP contribution in [0.4, 0.5) is 0 Å². The van der Waals surface area contributed by atoms with Crippen LogP contribution in [0.3, 0.4) is 0 Å². The highest BCUT2D eigenvalue weighted by atomic mass is 32.2. The Labute approximate surface area is 93.6 Å². The molecule has 14 heavy (non-hydrogen) atoms. The highest BCUT2D eigenvalue weighted by Crippen LogP contribution is 2.31. The van der Waals surface area contributed by atoms with E-state index in [0.29, 0.717) is 0 Å². The van der Waals surface area contributed by atoms with Gasteiger partial charge in [0, 0.05) is 24.4 Å². The van der Waals surface area contributed by atoms with E-state index in [1.54, 1.807) is 0 Å². The Hall–Kier alpha value is 0.310. The molecule has 0 aromatic rings. The summed E-state index contributed by atoms with van der Waals surface area (Å²) in [7, 11) is 0. The Bertz CT molecular complexity index is 168. The molecular formula is C12H25NS. The Morgan fingerprint density at radius 2 is 1.93 bits per heavy atom. The third-order valence-corrected chi connectivity index (χ3v) is 4.17. The van der Waals surface area contributed by atoms with Crippen LogP contribution in [0.1, 0.15) is 34.1 Å². The van der Waals surface area contributed by atoms with E-state index in [1.807, 2.05) is 11.8 Å². The molecule has 0 aliphatic carbocycles. The first-order valence-corrected chi connectivity index (χ1v) is 7.20. The molecule has 0 spiro atoms. The summed E-state index contributed by atoms with van der Waals surface area (Å²) < 4.78 is 0. The fourth-order valence-electron chi connectivity index (χ4n) is 2.45. The van der Waals surface area contributed by atoms with Gasteiger partial charge in [-0.3, -0.25) is 4.90 Å². The molecule has 84 valence electrons. The number of hydrogen-bond donors (Lipinski definition) is 0. The summed E-state index contributed by atoms with van der Waals surface area (Å²) in [6.45, 7) is 10.7. The third-order valence-electron chi connectivity index (χ3n) is 3.45. The number of thioether (sulfide) groups is 1. The maximum atomic E-state index is 2.70. The summed E-state index contributed by atoms with van der Waals surface area (Å²) in [6, 6.07) is 1.55. The van der Waals surface area contributed by atoms with E-state index in [1.165, 1.54) is 18.7 Å². The van der Waals surface area contributed by atoms with Crippen molar-refractivity contribution in [3.63, 3.8) is 0 Å². The summed E-state index contributed by atoms with van der Waals surface area (Å²) in [5, 5.41) is 0. The van der Waals surface area contributed by atoms with Gasteiger partial charge in [-0.05, 0) is 38.4 Å². The fraction of sp³-hybridized carbons (Fsp3) is 1.00. The van der Waals surface area contributed by atoms with E-state index in [-0.39, 0.29) is 0 Å². The van der Waals surface area contributed by atoms with Crippen molar-refractivity contribution in [2.45, 2.75) is 46.2 Å². The van der Waals surface area contributed by atoms with Crippen LogP contribution >= 0.6 is 11.8 Å². The molecule has 1 aliphatic rings. The molecule has 2 atom stereocenters. The largest absolute Gasteiger partial charge is 0.297 e. The summed E-state index contributed by atoms with van der Waals surface area (Å²) in [6.07, 6.45) is 3.64. The van der Waals surface area contributed by atoms with E-state index >= 15 is 0 Å². The second kappa shape index (κ2) is 5.41. The van der Waals surface area contributed by atoms with Gasteiger partial charge < -0.3 is 0 Å². The summed E-state index contributed by atoms with van der Waals surface area (Å²) in [5.74, 6) is 3.08. The molecule has 0 aromatic heterocycles. The Balaban J connectivity index is 2.55. The normalized spacial score (nSPS) is 29.4. The van der Waals surface area contributed by atoms with Crippen molar-refractivity contribution in [1.29, 1.82) is 0 Å². The van der Waals surface area contributed by atoms with Crippen molar-refractivity contribution in [2.24, 2.45) is 11.8 Å². The molecule has 1 aliphatic heterocycles. The number of hydrogen-bond acceptors (Lipinski definition) is 2. The van der Waals surface area contributed by atoms with Crippen LogP contribution < -0.4 is 0 Å². The van der Waals surface area contributed by atoms with E-state index in [4.69, 9.17) is 0 Å². The van der Waals surface area contributed by atoms with Crippen LogP contribution in [0.15, 0.2) is 0 Å². The van der Waals surface area contributed by atoms with Gasteiger partial charge in [0.15, 0.2) is 0 Å². The molecule has 1 heterocycles. The van der Waals surface area contributed by atoms with Crippen molar-refractivity contribution in [3.05, 3.63) is 0 Å². The quantitative estimate of drug-likeness (QED) is 0.709. The fourth-order valence-corrected chi connectivity index (χ4v) is 3.16. The summed E-state index contributed by atoms with van der Waals surface area (Å²) in [5.41, 5.74) is 0. The van der Waals surface area contributed by atoms with Gasteiger partial charge in [0.1, 0.15) is 0 Å². The molecule has 0 amide bonds. The number of rotatable bonds is 4. The van der Waals surface area contributed by atoms with Crippen LogP contribution in [0, 0.1) is 11.8 Å². The van der Waals surface area contributed by atoms with Crippen molar-refractivity contribution in [2.75, 3.05) is 18.6 Å². The second-order valence-corrected chi connectivity index (χ2v) is 6.05. The second-order valence-electron chi connectivity index (χ2n) is 5.14. The van der Waals surface area contributed by atoms with Gasteiger partial charge in [0.05, 0.1) is 0 Å². The number of likely N-dealkylation sites (tertiary alicyclic amines) is 1. The van der Waals surface area contributed by atoms with Crippen LogP contribution in [0.2, 0.25) is 0 Å².